The Morgan fingerprint density at radius 3 is 2.52 bits per heavy atom. The molecule has 29 heavy (non-hydrogen) atoms. The first-order valence-electron chi connectivity index (χ1n) is 8.82. The van der Waals surface area contributed by atoms with Crippen LogP contribution in [0.25, 0.3) is 0 Å². The number of benzene rings is 2. The van der Waals surface area contributed by atoms with Crippen molar-refractivity contribution in [1.82, 2.24) is 4.31 Å². The lowest BCUT2D eigenvalue weighted by molar-refractivity contribution is -0.120. The molecule has 0 unspecified atom stereocenters. The normalized spacial score (nSPS) is 17.7. The first-order valence-corrected chi connectivity index (χ1v) is 11.4. The molecule has 6 nitrogen and oxygen atoms in total. The fourth-order valence-electron chi connectivity index (χ4n) is 3.15. The zero-order valence-electron chi connectivity index (χ0n) is 15.5. The van der Waals surface area contributed by atoms with Crippen LogP contribution in [0.4, 0.5) is 5.69 Å². The molecule has 0 aromatic heterocycles. The summed E-state index contributed by atoms with van der Waals surface area (Å²) in [6.07, 6.45) is 1.16. The Balaban J connectivity index is 1.74. The van der Waals surface area contributed by atoms with Crippen LogP contribution >= 0.6 is 34.8 Å². The number of piperidine rings is 1. The summed E-state index contributed by atoms with van der Waals surface area (Å²) in [6, 6.07) is 9.09. The SMILES string of the molecule is COc1ccc(S(=O)(=O)N2CCC[C@@H](C(=O)Nc3ccc(Cl)c(Cl)c3)C2)cc1Cl. The highest BCUT2D eigenvalue weighted by Crippen LogP contribution is 2.31. The Morgan fingerprint density at radius 2 is 1.86 bits per heavy atom. The van der Waals surface area contributed by atoms with Gasteiger partial charge < -0.3 is 10.1 Å². The second-order valence-electron chi connectivity index (χ2n) is 6.62. The maximum atomic E-state index is 13.0. The molecule has 0 spiro atoms. The van der Waals surface area contributed by atoms with E-state index < -0.39 is 15.9 Å². The zero-order chi connectivity index (χ0) is 21.2. The Kier molecular flexibility index (Phi) is 6.96. The van der Waals surface area contributed by atoms with E-state index in [1.54, 1.807) is 18.2 Å². The first kappa shape index (κ1) is 22.2. The number of carbonyl (C=O) groups excluding carboxylic acids is 1. The van der Waals surface area contributed by atoms with Gasteiger partial charge in [-0.2, -0.15) is 4.31 Å². The van der Waals surface area contributed by atoms with Crippen molar-refractivity contribution in [3.05, 3.63) is 51.5 Å². The van der Waals surface area contributed by atoms with Gasteiger partial charge in [-0.05, 0) is 49.2 Å². The van der Waals surface area contributed by atoms with Crippen molar-refractivity contribution >= 4 is 56.4 Å². The lowest BCUT2D eigenvalue weighted by Crippen LogP contribution is -2.43. The van der Waals surface area contributed by atoms with E-state index >= 15 is 0 Å². The van der Waals surface area contributed by atoms with E-state index in [1.165, 1.54) is 29.6 Å². The fourth-order valence-corrected chi connectivity index (χ4v) is 5.32. The number of anilines is 1. The van der Waals surface area contributed by atoms with Crippen LogP contribution in [0.15, 0.2) is 41.3 Å². The maximum absolute atomic E-state index is 13.0. The molecule has 2 aromatic rings. The molecule has 1 atom stereocenters. The molecule has 2 aromatic carbocycles. The minimum Gasteiger partial charge on any atom is -0.495 e. The third-order valence-corrected chi connectivity index (χ3v) is 7.60. The molecule has 0 bridgehead atoms. The predicted octanol–water partition coefficient (Wildman–Crippen LogP) is 4.69. The van der Waals surface area contributed by atoms with Crippen LogP contribution in [0.2, 0.25) is 15.1 Å². The average molecular weight is 478 g/mol. The van der Waals surface area contributed by atoms with Crippen molar-refractivity contribution in [2.45, 2.75) is 17.7 Å². The van der Waals surface area contributed by atoms with E-state index in [-0.39, 0.29) is 22.4 Å². The molecule has 0 aliphatic carbocycles. The largest absolute Gasteiger partial charge is 0.495 e. The minimum absolute atomic E-state index is 0.0637. The fraction of sp³-hybridized carbons (Fsp3) is 0.316. The number of amides is 1. The van der Waals surface area contributed by atoms with Gasteiger partial charge in [-0.25, -0.2) is 8.42 Å². The first-order chi connectivity index (χ1) is 13.7. The number of carbonyl (C=O) groups is 1. The van der Waals surface area contributed by atoms with Crippen molar-refractivity contribution in [3.63, 3.8) is 0 Å². The highest BCUT2D eigenvalue weighted by atomic mass is 35.5. The number of hydrogen-bond acceptors (Lipinski definition) is 4. The third-order valence-electron chi connectivity index (χ3n) is 4.70. The summed E-state index contributed by atoms with van der Waals surface area (Å²) < 4.78 is 32.4. The minimum atomic E-state index is -3.79. The highest BCUT2D eigenvalue weighted by Gasteiger charge is 2.33. The molecule has 1 amide bonds. The Morgan fingerprint density at radius 1 is 1.10 bits per heavy atom. The van der Waals surface area contributed by atoms with Crippen molar-refractivity contribution < 1.29 is 17.9 Å². The van der Waals surface area contributed by atoms with Gasteiger partial charge in [0.2, 0.25) is 15.9 Å². The predicted molar refractivity (Wildman–Crippen MR) is 115 cm³/mol. The molecule has 156 valence electrons. The second-order valence-corrected chi connectivity index (χ2v) is 9.78. The summed E-state index contributed by atoms with van der Waals surface area (Å²) in [4.78, 5) is 12.7. The summed E-state index contributed by atoms with van der Waals surface area (Å²) in [5.41, 5.74) is 0.506. The average Bonchev–Trinajstić information content (AvgIpc) is 2.70. The van der Waals surface area contributed by atoms with Crippen molar-refractivity contribution in [2.24, 2.45) is 5.92 Å². The van der Waals surface area contributed by atoms with Crippen molar-refractivity contribution in [3.8, 4) is 5.75 Å². The molecule has 10 heteroatoms. The van der Waals surface area contributed by atoms with Gasteiger partial charge in [0.05, 0.1) is 33.0 Å². The Labute approximate surface area is 184 Å². The summed E-state index contributed by atoms with van der Waals surface area (Å²) >= 11 is 17.9. The van der Waals surface area contributed by atoms with E-state index in [9.17, 15) is 13.2 Å². The molecule has 3 rings (SSSR count). The molecule has 1 fully saturated rings. The topological polar surface area (TPSA) is 75.7 Å². The standard InChI is InChI=1S/C19H19Cl3N2O4S/c1-28-18-7-5-14(10-17(18)22)29(26,27)24-8-2-3-12(11-24)19(25)23-13-4-6-15(20)16(21)9-13/h4-7,9-10,12H,2-3,8,11H2,1H3,(H,23,25)/t12-/m1/s1. The molecule has 1 saturated heterocycles. The monoisotopic (exact) mass is 476 g/mol. The van der Waals surface area contributed by atoms with Gasteiger partial charge in [0.15, 0.2) is 0 Å². The molecule has 1 heterocycles. The van der Waals surface area contributed by atoms with E-state index in [4.69, 9.17) is 39.5 Å². The summed E-state index contributed by atoms with van der Waals surface area (Å²) in [7, 11) is -2.33. The van der Waals surface area contributed by atoms with Gasteiger partial charge >= 0.3 is 0 Å². The van der Waals surface area contributed by atoms with E-state index in [2.05, 4.69) is 5.32 Å². The Hall–Kier alpha value is -1.51. The molecule has 0 radical (unpaired) electrons. The van der Waals surface area contributed by atoms with Crippen molar-refractivity contribution in [1.29, 1.82) is 0 Å². The summed E-state index contributed by atoms with van der Waals surface area (Å²) in [5, 5.41) is 3.70. The van der Waals surface area contributed by atoms with Gasteiger partial charge in [0, 0.05) is 18.8 Å². The van der Waals surface area contributed by atoms with Crippen molar-refractivity contribution in [2.75, 3.05) is 25.5 Å². The van der Waals surface area contributed by atoms with Crippen LogP contribution in [-0.4, -0.2) is 38.8 Å². The van der Waals surface area contributed by atoms with Gasteiger partial charge in [-0.1, -0.05) is 34.8 Å². The van der Waals surface area contributed by atoms with E-state index in [0.29, 0.717) is 40.9 Å². The molecule has 1 N–H and O–H groups in total. The number of hydrogen-bond donors (Lipinski definition) is 1. The lowest BCUT2D eigenvalue weighted by Gasteiger charge is -2.31. The molecule has 1 aliphatic rings. The Bertz CT molecular complexity index is 1030. The number of nitrogens with zero attached hydrogens (tertiary/aromatic N) is 1. The van der Waals surface area contributed by atoms with Gasteiger partial charge in [-0.15, -0.1) is 0 Å². The van der Waals surface area contributed by atoms with Gasteiger partial charge in [0.25, 0.3) is 0 Å². The number of ether oxygens (including phenoxy) is 1. The smallest absolute Gasteiger partial charge is 0.243 e. The number of nitrogens with one attached hydrogen (secondary N) is 1. The van der Waals surface area contributed by atoms with Crippen LogP contribution in [-0.2, 0) is 14.8 Å². The van der Waals surface area contributed by atoms with Crippen LogP contribution in [0.5, 0.6) is 5.75 Å². The third kappa shape index (κ3) is 4.98. The quantitative estimate of drug-likeness (QED) is 0.677. The van der Waals surface area contributed by atoms with Gasteiger partial charge in [-0.3, -0.25) is 4.79 Å². The molecule has 0 saturated carbocycles. The summed E-state index contributed by atoms with van der Waals surface area (Å²) in [5.74, 6) is -0.360. The second kappa shape index (κ2) is 9.10. The molecule has 1 aliphatic heterocycles. The van der Waals surface area contributed by atoms with E-state index in [1.807, 2.05) is 0 Å². The number of halogens is 3. The van der Waals surface area contributed by atoms with E-state index in [0.717, 1.165) is 0 Å². The molecular weight excluding hydrogens is 459 g/mol. The van der Waals surface area contributed by atoms with Crippen LogP contribution < -0.4 is 10.1 Å². The number of sulfonamides is 1. The lowest BCUT2D eigenvalue weighted by atomic mass is 9.99. The maximum Gasteiger partial charge on any atom is 0.243 e. The zero-order valence-corrected chi connectivity index (χ0v) is 18.6. The summed E-state index contributed by atoms with van der Waals surface area (Å²) in [6.45, 7) is 0.418. The highest BCUT2D eigenvalue weighted by molar-refractivity contribution is 7.89. The number of methoxy groups -OCH3 is 1. The van der Waals surface area contributed by atoms with Gasteiger partial charge in [0.1, 0.15) is 5.75 Å². The number of rotatable bonds is 5. The van der Waals surface area contributed by atoms with Crippen LogP contribution in [0.1, 0.15) is 12.8 Å². The van der Waals surface area contributed by atoms with Crippen LogP contribution in [0, 0.1) is 5.92 Å². The van der Waals surface area contributed by atoms with Crippen LogP contribution in [0.3, 0.4) is 0 Å². The molecular formula is C19H19Cl3N2O4S.